The van der Waals surface area contributed by atoms with E-state index in [1.807, 2.05) is 0 Å². The van der Waals surface area contributed by atoms with Gasteiger partial charge in [-0.05, 0) is 61.6 Å². The van der Waals surface area contributed by atoms with Gasteiger partial charge in [0, 0.05) is 23.7 Å². The van der Waals surface area contributed by atoms with Crippen LogP contribution in [0.25, 0.3) is 0 Å². The van der Waals surface area contributed by atoms with Gasteiger partial charge in [-0.25, -0.2) is 0 Å². The summed E-state index contributed by atoms with van der Waals surface area (Å²) in [6, 6.07) is 0. The maximum absolute atomic E-state index is 9.22. The van der Waals surface area contributed by atoms with Gasteiger partial charge < -0.3 is 10.4 Å². The van der Waals surface area contributed by atoms with Crippen LogP contribution in [0.2, 0.25) is 6.55 Å². The number of hydrogen-bond acceptors (Lipinski definition) is 4. The minimum Gasteiger partial charge on any atom is -0.411 e. The molecule has 4 aliphatic rings. The standard InChI is InChI=1S/2C13H23NO.CH6Si/c2*15-14-13(11-7-3-1-4-8-11)12-9-5-2-6-10-12;1-2/h2*11-12,15H,1-10H2;1-2H3. The summed E-state index contributed by atoms with van der Waals surface area (Å²) in [6.07, 6.45) is 26.2. The number of hydrogen-bond donors (Lipinski definition) is 2. The maximum atomic E-state index is 9.22. The molecule has 0 heterocycles. The lowest BCUT2D eigenvalue weighted by Gasteiger charge is -2.29. The Kier molecular flexibility index (Phi) is 14.3. The Labute approximate surface area is 201 Å². The average Bonchev–Trinajstić information content (AvgIpc) is 2.89. The summed E-state index contributed by atoms with van der Waals surface area (Å²) >= 11 is 0. The molecule has 0 amide bonds. The van der Waals surface area contributed by atoms with Crippen molar-refractivity contribution in [1.82, 2.24) is 0 Å². The van der Waals surface area contributed by atoms with Gasteiger partial charge in [-0.3, -0.25) is 0 Å². The fraction of sp³-hybridized carbons (Fsp3) is 0.926. The van der Waals surface area contributed by atoms with E-state index in [0.717, 1.165) is 11.4 Å². The largest absolute Gasteiger partial charge is 0.411 e. The smallest absolute Gasteiger partial charge is 0.0632 e. The molecule has 32 heavy (non-hydrogen) atoms. The molecular formula is C27H52N2O2Si. The van der Waals surface area contributed by atoms with Gasteiger partial charge in [-0.15, -0.1) is 0 Å². The highest BCUT2D eigenvalue weighted by Crippen LogP contribution is 2.34. The van der Waals surface area contributed by atoms with Crippen molar-refractivity contribution >= 4 is 21.7 Å². The van der Waals surface area contributed by atoms with Gasteiger partial charge in [0.25, 0.3) is 0 Å². The van der Waals surface area contributed by atoms with Crippen molar-refractivity contribution in [2.75, 3.05) is 0 Å². The van der Waals surface area contributed by atoms with Crippen LogP contribution in [0.15, 0.2) is 10.3 Å². The second-order valence-electron chi connectivity index (χ2n) is 10.4. The molecule has 0 atom stereocenters. The van der Waals surface area contributed by atoms with Gasteiger partial charge in [0.15, 0.2) is 0 Å². The van der Waals surface area contributed by atoms with Gasteiger partial charge in [0.2, 0.25) is 0 Å². The molecule has 5 heteroatoms. The predicted octanol–water partition coefficient (Wildman–Crippen LogP) is 7.35. The summed E-state index contributed by atoms with van der Waals surface area (Å²) in [7, 11) is 1.31. The Morgan fingerprint density at radius 3 is 0.781 bits per heavy atom. The molecule has 4 fully saturated rings. The third kappa shape index (κ3) is 8.83. The lowest BCUT2D eigenvalue weighted by atomic mass is 9.76. The van der Waals surface area contributed by atoms with Crippen LogP contribution in [-0.2, 0) is 0 Å². The molecule has 4 aliphatic carbocycles. The van der Waals surface area contributed by atoms with E-state index < -0.39 is 0 Å². The highest BCUT2D eigenvalue weighted by Gasteiger charge is 2.28. The summed E-state index contributed by atoms with van der Waals surface area (Å²) in [5.41, 5.74) is 2.30. The highest BCUT2D eigenvalue weighted by atomic mass is 28.1. The zero-order valence-corrected chi connectivity index (χ0v) is 23.2. The van der Waals surface area contributed by atoms with Crippen LogP contribution >= 0.6 is 0 Å². The molecule has 0 aliphatic heterocycles. The van der Waals surface area contributed by atoms with E-state index in [0.29, 0.717) is 23.7 Å². The van der Waals surface area contributed by atoms with E-state index in [4.69, 9.17) is 0 Å². The monoisotopic (exact) mass is 464 g/mol. The van der Waals surface area contributed by atoms with Crippen LogP contribution in [0.5, 0.6) is 0 Å². The van der Waals surface area contributed by atoms with E-state index in [2.05, 4.69) is 16.9 Å². The summed E-state index contributed by atoms with van der Waals surface area (Å²) in [4.78, 5) is 0. The molecule has 186 valence electrons. The molecule has 4 rings (SSSR count). The Morgan fingerprint density at radius 2 is 0.625 bits per heavy atom. The molecule has 2 N–H and O–H groups in total. The first-order valence-corrected chi connectivity index (χ1v) is 16.3. The molecule has 0 aromatic heterocycles. The van der Waals surface area contributed by atoms with Crippen LogP contribution < -0.4 is 0 Å². The first-order chi connectivity index (χ1) is 15.8. The van der Waals surface area contributed by atoms with Crippen LogP contribution in [0.4, 0.5) is 0 Å². The molecular weight excluding hydrogens is 412 g/mol. The lowest BCUT2D eigenvalue weighted by Crippen LogP contribution is -2.27. The van der Waals surface area contributed by atoms with Crippen LogP contribution in [-0.4, -0.2) is 32.1 Å². The van der Waals surface area contributed by atoms with Gasteiger partial charge >= 0.3 is 0 Å². The number of rotatable bonds is 4. The van der Waals surface area contributed by atoms with E-state index >= 15 is 0 Å². The van der Waals surface area contributed by atoms with Crippen molar-refractivity contribution in [2.45, 2.75) is 135 Å². The van der Waals surface area contributed by atoms with E-state index in [9.17, 15) is 10.4 Å². The van der Waals surface area contributed by atoms with Crippen molar-refractivity contribution in [2.24, 2.45) is 34.0 Å². The summed E-state index contributed by atoms with van der Waals surface area (Å²) in [5, 5.41) is 25.7. The molecule has 0 saturated heterocycles. The summed E-state index contributed by atoms with van der Waals surface area (Å²) < 4.78 is 0. The normalized spacial score (nSPS) is 23.8. The molecule has 0 bridgehead atoms. The van der Waals surface area contributed by atoms with E-state index in [-0.39, 0.29) is 0 Å². The van der Waals surface area contributed by atoms with E-state index in [1.54, 1.807) is 0 Å². The lowest BCUT2D eigenvalue weighted by molar-refractivity contribution is 0.295. The second-order valence-corrected chi connectivity index (χ2v) is 10.4. The molecule has 0 unspecified atom stereocenters. The maximum Gasteiger partial charge on any atom is 0.0632 e. The Hall–Kier alpha value is -0.843. The zero-order chi connectivity index (χ0) is 23.0. The number of oxime groups is 2. The minimum absolute atomic E-state index is 0.604. The van der Waals surface area contributed by atoms with Crippen molar-refractivity contribution in [3.63, 3.8) is 0 Å². The highest BCUT2D eigenvalue weighted by molar-refractivity contribution is 6.05. The molecule has 0 aromatic carbocycles. The summed E-state index contributed by atoms with van der Waals surface area (Å²) in [5.74, 6) is 2.41. The minimum atomic E-state index is 0.604. The molecule has 4 saturated carbocycles. The van der Waals surface area contributed by atoms with Crippen LogP contribution in [0.3, 0.4) is 0 Å². The van der Waals surface area contributed by atoms with Gasteiger partial charge in [0.1, 0.15) is 0 Å². The topological polar surface area (TPSA) is 65.2 Å². The molecule has 0 radical (unpaired) electrons. The Bertz CT molecular complexity index is 440. The van der Waals surface area contributed by atoms with Crippen LogP contribution in [0.1, 0.15) is 128 Å². The molecule has 4 nitrogen and oxygen atoms in total. The molecule has 0 aromatic rings. The third-order valence-electron chi connectivity index (χ3n) is 8.32. The van der Waals surface area contributed by atoms with Gasteiger partial charge in [-0.1, -0.05) is 93.9 Å². The quantitative estimate of drug-likeness (QED) is 0.198. The Morgan fingerprint density at radius 1 is 0.438 bits per heavy atom. The Balaban J connectivity index is 0.000000211. The second kappa shape index (κ2) is 16.7. The van der Waals surface area contributed by atoms with E-state index in [1.165, 1.54) is 139 Å². The first kappa shape index (κ1) is 27.4. The fourth-order valence-electron chi connectivity index (χ4n) is 6.59. The van der Waals surface area contributed by atoms with Gasteiger partial charge in [-0.2, -0.15) is 0 Å². The predicted molar refractivity (Wildman–Crippen MR) is 141 cm³/mol. The van der Waals surface area contributed by atoms with Crippen molar-refractivity contribution < 1.29 is 10.4 Å². The van der Waals surface area contributed by atoms with Gasteiger partial charge in [0.05, 0.1) is 11.4 Å². The third-order valence-corrected chi connectivity index (χ3v) is 8.32. The van der Waals surface area contributed by atoms with Crippen molar-refractivity contribution in [1.29, 1.82) is 0 Å². The SMILES string of the molecule is C[SiH3].ON=C(C1CCCCC1)C1CCCCC1.ON=C(C1CCCCC1)C1CCCCC1. The first-order valence-electron chi connectivity index (χ1n) is 14.3. The summed E-state index contributed by atoms with van der Waals surface area (Å²) in [6.45, 7) is 2.14. The van der Waals surface area contributed by atoms with Crippen molar-refractivity contribution in [3.05, 3.63) is 0 Å². The number of nitrogens with zero attached hydrogens (tertiary/aromatic N) is 2. The van der Waals surface area contributed by atoms with Crippen LogP contribution in [0, 0.1) is 23.7 Å². The molecule has 0 spiro atoms. The van der Waals surface area contributed by atoms with Crippen molar-refractivity contribution in [3.8, 4) is 0 Å². The zero-order valence-electron chi connectivity index (χ0n) is 21.2. The fourth-order valence-corrected chi connectivity index (χ4v) is 6.59. The average molecular weight is 465 g/mol.